The zero-order chi connectivity index (χ0) is 17.7. The Balaban J connectivity index is 2.07. The van der Waals surface area contributed by atoms with Gasteiger partial charge in [0.25, 0.3) is 0 Å². The van der Waals surface area contributed by atoms with Gasteiger partial charge in [-0.15, -0.1) is 5.10 Å². The minimum absolute atomic E-state index is 0.0270. The van der Waals surface area contributed by atoms with Crippen molar-refractivity contribution >= 4 is 46.8 Å². The second kappa shape index (κ2) is 7.71. The Morgan fingerprint density at radius 3 is 2.79 bits per heavy atom. The molecule has 6 nitrogen and oxygen atoms in total. The molecule has 1 atom stereocenters. The maximum absolute atomic E-state index is 12.5. The Hall–Kier alpha value is -2.01. The van der Waals surface area contributed by atoms with E-state index in [4.69, 9.17) is 5.11 Å². The smallest absolute Gasteiger partial charge is 0.446 e. The van der Waals surface area contributed by atoms with Crippen LogP contribution < -0.4 is 5.32 Å². The number of carbonyl (C=O) groups excluding carboxylic acids is 1. The molecule has 11 heteroatoms. The molecule has 1 heterocycles. The van der Waals surface area contributed by atoms with Gasteiger partial charge in [-0.05, 0) is 17.8 Å². The Morgan fingerprint density at radius 2 is 2.12 bits per heavy atom. The molecule has 1 unspecified atom stereocenters. The number of rotatable bonds is 5. The van der Waals surface area contributed by atoms with Gasteiger partial charge in [-0.1, -0.05) is 30.0 Å². The van der Waals surface area contributed by atoms with Gasteiger partial charge in [-0.2, -0.15) is 18.3 Å². The number of carboxylic acids is 1. The maximum Gasteiger partial charge on any atom is 0.446 e. The van der Waals surface area contributed by atoms with E-state index < -0.39 is 22.6 Å². The molecule has 2 rings (SSSR count). The molecule has 128 valence electrons. The van der Waals surface area contributed by atoms with Crippen molar-refractivity contribution in [3.05, 3.63) is 29.8 Å². The predicted molar refractivity (Wildman–Crippen MR) is 85.2 cm³/mol. The van der Waals surface area contributed by atoms with Crippen LogP contribution in [0.2, 0.25) is 0 Å². The van der Waals surface area contributed by atoms with Crippen LogP contribution in [0.25, 0.3) is 0 Å². The van der Waals surface area contributed by atoms with Crippen LogP contribution in [0.4, 0.5) is 13.2 Å². The number of halogens is 3. The average molecular weight is 377 g/mol. The number of hydrogen-bond acceptors (Lipinski definition) is 6. The molecule has 2 N–H and O–H groups in total. The van der Waals surface area contributed by atoms with Crippen LogP contribution in [0, 0.1) is 0 Å². The Bertz CT molecular complexity index is 707. The highest BCUT2D eigenvalue weighted by Gasteiger charge is 2.32. The van der Waals surface area contributed by atoms with Crippen LogP contribution in [0.15, 0.2) is 39.4 Å². The number of amides is 1. The fourth-order valence-corrected chi connectivity index (χ4v) is 3.24. The lowest BCUT2D eigenvalue weighted by molar-refractivity contribution is -0.138. The number of carboxylic acid groups (broad SMARTS) is 1. The third-order valence-electron chi connectivity index (χ3n) is 2.63. The van der Waals surface area contributed by atoms with Gasteiger partial charge in [0.05, 0.1) is 12.6 Å². The first-order valence-electron chi connectivity index (χ1n) is 6.40. The Labute approximate surface area is 142 Å². The molecule has 0 saturated carbocycles. The number of hydrogen-bond donors (Lipinski definition) is 2. The molecule has 0 spiro atoms. The third-order valence-corrected chi connectivity index (χ3v) is 4.52. The van der Waals surface area contributed by atoms with Crippen LogP contribution in [0.3, 0.4) is 0 Å². The maximum atomic E-state index is 12.5. The van der Waals surface area contributed by atoms with Crippen LogP contribution >= 0.6 is 23.5 Å². The molecule has 0 aliphatic carbocycles. The first-order chi connectivity index (χ1) is 11.2. The summed E-state index contributed by atoms with van der Waals surface area (Å²) in [5.41, 5.74) is -4.20. The highest BCUT2D eigenvalue weighted by Crippen LogP contribution is 2.38. The molecule has 1 aliphatic rings. The number of thioether (sulfide) groups is 2. The van der Waals surface area contributed by atoms with E-state index in [1.54, 1.807) is 6.07 Å². The van der Waals surface area contributed by atoms with Crippen LogP contribution in [0.1, 0.15) is 12.0 Å². The molecule has 0 bridgehead atoms. The van der Waals surface area contributed by atoms with E-state index in [2.05, 4.69) is 15.5 Å². The highest BCUT2D eigenvalue weighted by atomic mass is 32.2. The topological polar surface area (TPSA) is 91.1 Å². The summed E-state index contributed by atoms with van der Waals surface area (Å²) in [5.74, 6) is -1.62. The lowest BCUT2D eigenvalue weighted by Crippen LogP contribution is -2.26. The van der Waals surface area contributed by atoms with Gasteiger partial charge in [-0.25, -0.2) is 0 Å². The van der Waals surface area contributed by atoms with Crippen LogP contribution in [0.5, 0.6) is 0 Å². The van der Waals surface area contributed by atoms with E-state index in [1.807, 2.05) is 0 Å². The summed E-state index contributed by atoms with van der Waals surface area (Å²) < 4.78 is 37.4. The summed E-state index contributed by atoms with van der Waals surface area (Å²) in [5, 5.41) is 17.7. The summed E-state index contributed by atoms with van der Waals surface area (Å²) >= 11 is 0.644. The number of aliphatic carboxylic acids is 1. The lowest BCUT2D eigenvalue weighted by atomic mass is 10.2. The lowest BCUT2D eigenvalue weighted by Gasteiger charge is -2.07. The van der Waals surface area contributed by atoms with Crippen molar-refractivity contribution in [3.8, 4) is 0 Å². The Morgan fingerprint density at radius 1 is 1.42 bits per heavy atom. The molecule has 1 aromatic rings. The molecule has 1 fully saturated rings. The van der Waals surface area contributed by atoms with Crippen molar-refractivity contribution in [2.75, 3.05) is 0 Å². The minimum atomic E-state index is -4.42. The van der Waals surface area contributed by atoms with E-state index in [1.165, 1.54) is 18.2 Å². The summed E-state index contributed by atoms with van der Waals surface area (Å²) in [7, 11) is 0. The van der Waals surface area contributed by atoms with E-state index in [0.717, 1.165) is 18.0 Å². The van der Waals surface area contributed by atoms with Gasteiger partial charge in [-0.3, -0.25) is 9.59 Å². The monoisotopic (exact) mass is 377 g/mol. The van der Waals surface area contributed by atoms with Crippen LogP contribution in [-0.4, -0.2) is 39.1 Å². The van der Waals surface area contributed by atoms with Gasteiger partial charge in [0.2, 0.25) is 5.91 Å². The second-order valence-electron chi connectivity index (χ2n) is 4.43. The van der Waals surface area contributed by atoms with Crippen molar-refractivity contribution in [2.24, 2.45) is 10.2 Å². The first kappa shape index (κ1) is 18.3. The summed E-state index contributed by atoms with van der Waals surface area (Å²) in [4.78, 5) is 22.1. The van der Waals surface area contributed by atoms with Crippen molar-refractivity contribution in [1.29, 1.82) is 0 Å². The fourth-order valence-electron chi connectivity index (χ4n) is 1.69. The number of carbonyl (C=O) groups is 2. The molecule has 24 heavy (non-hydrogen) atoms. The summed E-state index contributed by atoms with van der Waals surface area (Å²) in [6.45, 7) is 0. The molecule has 1 aliphatic heterocycles. The van der Waals surface area contributed by atoms with Crippen molar-refractivity contribution in [1.82, 2.24) is 5.32 Å². The zero-order valence-corrected chi connectivity index (χ0v) is 13.4. The van der Waals surface area contributed by atoms with Crippen molar-refractivity contribution < 1.29 is 27.9 Å². The standard InChI is InChI=1S/C13H10F3N3O3S2/c14-13(15,16)24-8-4-2-1-3-7(8)6-17-19-12-18-11(22)9(23-12)5-10(20)21/h1-4,6,9H,5H2,(H,20,21)(H,18,19,22). The van der Waals surface area contributed by atoms with Gasteiger partial charge >= 0.3 is 11.5 Å². The van der Waals surface area contributed by atoms with E-state index in [9.17, 15) is 22.8 Å². The molecule has 1 amide bonds. The minimum Gasteiger partial charge on any atom is -0.481 e. The Kier molecular flexibility index (Phi) is 5.89. The normalized spacial score (nSPS) is 19.9. The van der Waals surface area contributed by atoms with E-state index in [-0.39, 0.29) is 33.8 Å². The van der Waals surface area contributed by atoms with E-state index in [0.29, 0.717) is 0 Å². The quantitative estimate of drug-likeness (QED) is 0.468. The number of nitrogens with one attached hydrogen (secondary N) is 1. The average Bonchev–Trinajstić information content (AvgIpc) is 2.78. The van der Waals surface area contributed by atoms with Gasteiger partial charge in [0.1, 0.15) is 5.25 Å². The second-order valence-corrected chi connectivity index (χ2v) is 6.73. The molecule has 0 radical (unpaired) electrons. The molecular formula is C13H10F3N3O3S2. The first-order valence-corrected chi connectivity index (χ1v) is 8.09. The third kappa shape index (κ3) is 5.57. The molecule has 1 saturated heterocycles. The SMILES string of the molecule is O=C(O)CC1SC(=NN=Cc2ccccc2SC(F)(F)F)NC1=O. The molecular weight excluding hydrogens is 367 g/mol. The van der Waals surface area contributed by atoms with Crippen molar-refractivity contribution in [3.63, 3.8) is 0 Å². The number of nitrogens with zero attached hydrogens (tertiary/aromatic N) is 2. The number of alkyl halides is 3. The summed E-state index contributed by atoms with van der Waals surface area (Å²) in [6, 6.07) is 5.79. The van der Waals surface area contributed by atoms with Crippen molar-refractivity contribution in [2.45, 2.75) is 22.1 Å². The molecule has 1 aromatic carbocycles. The number of amidine groups is 1. The predicted octanol–water partition coefficient (Wildman–Crippen LogP) is 2.69. The summed E-state index contributed by atoms with van der Waals surface area (Å²) in [6.07, 6.45) is 0.780. The van der Waals surface area contributed by atoms with E-state index >= 15 is 0 Å². The zero-order valence-electron chi connectivity index (χ0n) is 11.8. The number of benzene rings is 1. The van der Waals surface area contributed by atoms with Gasteiger partial charge in [0, 0.05) is 10.5 Å². The largest absolute Gasteiger partial charge is 0.481 e. The fraction of sp³-hybridized carbons (Fsp3) is 0.231. The van der Waals surface area contributed by atoms with Gasteiger partial charge in [0.15, 0.2) is 5.17 Å². The highest BCUT2D eigenvalue weighted by molar-refractivity contribution is 8.15. The van der Waals surface area contributed by atoms with Gasteiger partial charge < -0.3 is 10.4 Å². The molecule has 0 aromatic heterocycles. The van der Waals surface area contributed by atoms with Crippen LogP contribution in [-0.2, 0) is 9.59 Å².